The number of ether oxygens (including phenoxy) is 1. The van der Waals surface area contributed by atoms with Crippen LogP contribution in [0.5, 0.6) is 5.75 Å². The van der Waals surface area contributed by atoms with Gasteiger partial charge in [0, 0.05) is 13.3 Å². The number of halogens is 3. The Hall–Kier alpha value is -1.85. The molecule has 0 spiro atoms. The molecule has 0 aliphatic carbocycles. The van der Waals surface area contributed by atoms with E-state index in [1.54, 1.807) is 0 Å². The smallest absolute Gasteiger partial charge is 0.427 e. The van der Waals surface area contributed by atoms with Crippen molar-refractivity contribution in [1.29, 1.82) is 0 Å². The Morgan fingerprint density at radius 2 is 1.72 bits per heavy atom. The van der Waals surface area contributed by atoms with Crippen molar-refractivity contribution < 1.29 is 27.5 Å². The third kappa shape index (κ3) is 4.57. The molecular formula is C12H11F3O3. The Bertz CT molecular complexity index is 435. The lowest BCUT2D eigenvalue weighted by molar-refractivity contribution is -0.171. The summed E-state index contributed by atoms with van der Waals surface area (Å²) in [6.07, 6.45) is -5.37. The number of ketones is 1. The molecule has 0 saturated carbocycles. The van der Waals surface area contributed by atoms with Crippen LogP contribution in [0.2, 0.25) is 0 Å². The number of carbonyl (C=O) groups is 2. The zero-order chi connectivity index (χ0) is 13.8. The molecule has 0 radical (unpaired) electrons. The Balaban J connectivity index is 2.54. The first-order valence-electron chi connectivity index (χ1n) is 5.16. The average Bonchev–Trinajstić information content (AvgIpc) is 2.25. The molecule has 6 heteroatoms. The second-order valence-electron chi connectivity index (χ2n) is 3.66. The number of aryl methyl sites for hydroxylation is 1. The van der Waals surface area contributed by atoms with Crippen LogP contribution in [0.1, 0.15) is 18.9 Å². The quantitative estimate of drug-likeness (QED) is 0.617. The van der Waals surface area contributed by atoms with E-state index in [2.05, 4.69) is 0 Å². The summed E-state index contributed by atoms with van der Waals surface area (Å²) in [7, 11) is 0. The summed E-state index contributed by atoms with van der Waals surface area (Å²) in [5.74, 6) is -1.91. The van der Waals surface area contributed by atoms with Crippen molar-refractivity contribution in [3.8, 4) is 5.75 Å². The maximum absolute atomic E-state index is 12.0. The van der Waals surface area contributed by atoms with Crippen LogP contribution in [0.4, 0.5) is 13.2 Å². The monoisotopic (exact) mass is 260 g/mol. The molecule has 1 rings (SSSR count). The van der Waals surface area contributed by atoms with Crippen molar-refractivity contribution in [3.63, 3.8) is 0 Å². The van der Waals surface area contributed by atoms with Gasteiger partial charge in [0.1, 0.15) is 5.75 Å². The van der Waals surface area contributed by atoms with Crippen LogP contribution in [0.3, 0.4) is 0 Å². The summed E-state index contributed by atoms with van der Waals surface area (Å²) in [5, 5.41) is 0. The highest BCUT2D eigenvalue weighted by Crippen LogP contribution is 2.20. The number of rotatable bonds is 4. The van der Waals surface area contributed by atoms with Crippen LogP contribution in [0, 0.1) is 0 Å². The summed E-state index contributed by atoms with van der Waals surface area (Å²) in [4.78, 5) is 21.3. The first-order valence-corrected chi connectivity index (χ1v) is 5.16. The lowest BCUT2D eigenvalue weighted by atomic mass is 10.1. The van der Waals surface area contributed by atoms with Gasteiger partial charge in [0.05, 0.1) is 0 Å². The van der Waals surface area contributed by atoms with Gasteiger partial charge in [-0.05, 0) is 24.1 Å². The van der Waals surface area contributed by atoms with Crippen molar-refractivity contribution in [2.75, 3.05) is 0 Å². The second kappa shape index (κ2) is 5.66. The molecule has 1 aromatic rings. The van der Waals surface area contributed by atoms with E-state index in [1.807, 2.05) is 0 Å². The number of Topliss-reactive ketones (excluding diaryl/α,β-unsaturated/α-hetero) is 1. The van der Waals surface area contributed by atoms with Crippen molar-refractivity contribution in [2.24, 2.45) is 0 Å². The van der Waals surface area contributed by atoms with Crippen molar-refractivity contribution in [1.82, 2.24) is 0 Å². The molecule has 18 heavy (non-hydrogen) atoms. The fourth-order valence-electron chi connectivity index (χ4n) is 1.29. The van der Waals surface area contributed by atoms with Gasteiger partial charge in [-0.1, -0.05) is 12.1 Å². The van der Waals surface area contributed by atoms with Gasteiger partial charge in [0.2, 0.25) is 5.78 Å². The zero-order valence-electron chi connectivity index (χ0n) is 9.58. The lowest BCUT2D eigenvalue weighted by Crippen LogP contribution is -2.22. The van der Waals surface area contributed by atoms with Gasteiger partial charge in [-0.2, -0.15) is 13.2 Å². The largest absolute Gasteiger partial charge is 0.449 e. The fraction of sp³-hybridized carbons (Fsp3) is 0.333. The standard InChI is InChI=1S/C12H11F3O3/c1-8(16)18-10-5-2-9(3-6-10)4-7-11(17)12(13,14)15/h2-3,5-6H,4,7H2,1H3. The van der Waals surface area contributed by atoms with Crippen LogP contribution >= 0.6 is 0 Å². The topological polar surface area (TPSA) is 43.4 Å². The van der Waals surface area contributed by atoms with Gasteiger partial charge in [0.15, 0.2) is 0 Å². The van der Waals surface area contributed by atoms with Crippen molar-refractivity contribution >= 4 is 11.8 Å². The minimum atomic E-state index is -4.78. The van der Waals surface area contributed by atoms with Crippen LogP contribution < -0.4 is 4.74 Å². The summed E-state index contributed by atoms with van der Waals surface area (Å²) in [6, 6.07) is 5.97. The van der Waals surface area contributed by atoms with E-state index < -0.39 is 24.3 Å². The molecule has 0 bridgehead atoms. The third-order valence-corrected chi connectivity index (χ3v) is 2.14. The minimum Gasteiger partial charge on any atom is -0.427 e. The molecule has 0 aliphatic heterocycles. The number of benzene rings is 1. The molecule has 0 fully saturated rings. The molecule has 0 N–H and O–H groups in total. The van der Waals surface area contributed by atoms with Gasteiger partial charge < -0.3 is 4.74 Å². The molecule has 0 amide bonds. The number of esters is 1. The molecule has 0 atom stereocenters. The predicted octanol–water partition coefficient (Wildman–Crippen LogP) is 2.68. The number of hydrogen-bond acceptors (Lipinski definition) is 3. The molecule has 0 aliphatic rings. The molecule has 0 heterocycles. The highest BCUT2D eigenvalue weighted by molar-refractivity contribution is 5.84. The SMILES string of the molecule is CC(=O)Oc1ccc(CCC(=O)C(F)(F)F)cc1. The van der Waals surface area contributed by atoms with E-state index in [4.69, 9.17) is 4.74 Å². The van der Waals surface area contributed by atoms with E-state index in [-0.39, 0.29) is 6.42 Å². The minimum absolute atomic E-state index is 0.00129. The normalized spacial score (nSPS) is 11.1. The van der Waals surface area contributed by atoms with Crippen LogP contribution in [-0.2, 0) is 16.0 Å². The lowest BCUT2D eigenvalue weighted by Gasteiger charge is -2.06. The molecular weight excluding hydrogens is 249 g/mol. The second-order valence-corrected chi connectivity index (χ2v) is 3.66. The van der Waals surface area contributed by atoms with E-state index >= 15 is 0 Å². The van der Waals surface area contributed by atoms with E-state index in [0.29, 0.717) is 11.3 Å². The van der Waals surface area contributed by atoms with Gasteiger partial charge in [-0.25, -0.2) is 0 Å². The molecule has 0 aromatic heterocycles. The predicted molar refractivity (Wildman–Crippen MR) is 57.1 cm³/mol. The summed E-state index contributed by atoms with van der Waals surface area (Å²) >= 11 is 0. The highest BCUT2D eigenvalue weighted by Gasteiger charge is 2.37. The number of carbonyl (C=O) groups excluding carboxylic acids is 2. The fourth-order valence-corrected chi connectivity index (χ4v) is 1.29. The van der Waals surface area contributed by atoms with Crippen LogP contribution in [-0.4, -0.2) is 17.9 Å². The summed E-state index contributed by atoms with van der Waals surface area (Å²) in [5.41, 5.74) is 0.573. The molecule has 0 unspecified atom stereocenters. The maximum atomic E-state index is 12.0. The van der Waals surface area contributed by atoms with E-state index in [1.165, 1.54) is 31.2 Å². The molecule has 1 aromatic carbocycles. The number of alkyl halides is 3. The van der Waals surface area contributed by atoms with Crippen molar-refractivity contribution in [3.05, 3.63) is 29.8 Å². The Morgan fingerprint density at radius 3 is 2.17 bits per heavy atom. The summed E-state index contributed by atoms with van der Waals surface area (Å²) < 4.78 is 40.6. The molecule has 3 nitrogen and oxygen atoms in total. The van der Waals surface area contributed by atoms with Gasteiger partial charge in [-0.3, -0.25) is 9.59 Å². The first-order chi connectivity index (χ1) is 8.29. The van der Waals surface area contributed by atoms with Gasteiger partial charge in [-0.15, -0.1) is 0 Å². The third-order valence-electron chi connectivity index (χ3n) is 2.14. The average molecular weight is 260 g/mol. The highest BCUT2D eigenvalue weighted by atomic mass is 19.4. The Labute approximate surface area is 102 Å². The van der Waals surface area contributed by atoms with Gasteiger partial charge >= 0.3 is 12.1 Å². The Morgan fingerprint density at radius 1 is 1.17 bits per heavy atom. The maximum Gasteiger partial charge on any atom is 0.449 e. The molecule has 0 saturated heterocycles. The Kier molecular flexibility index (Phi) is 4.47. The zero-order valence-corrected chi connectivity index (χ0v) is 9.58. The summed E-state index contributed by atoms with van der Waals surface area (Å²) in [6.45, 7) is 1.25. The van der Waals surface area contributed by atoms with E-state index in [9.17, 15) is 22.8 Å². The van der Waals surface area contributed by atoms with Crippen molar-refractivity contribution in [2.45, 2.75) is 25.9 Å². The molecule has 98 valence electrons. The first kappa shape index (κ1) is 14.2. The van der Waals surface area contributed by atoms with Crippen LogP contribution in [0.15, 0.2) is 24.3 Å². The van der Waals surface area contributed by atoms with E-state index in [0.717, 1.165) is 0 Å². The number of hydrogen-bond donors (Lipinski definition) is 0. The van der Waals surface area contributed by atoms with Gasteiger partial charge in [0.25, 0.3) is 0 Å². The van der Waals surface area contributed by atoms with Crippen LogP contribution in [0.25, 0.3) is 0 Å².